The van der Waals surface area contributed by atoms with E-state index in [4.69, 9.17) is 0 Å². The maximum absolute atomic E-state index is 12.3. The number of hydrogen-bond acceptors (Lipinski definition) is 3. The van der Waals surface area contributed by atoms with Crippen LogP contribution in [0.2, 0.25) is 0 Å². The van der Waals surface area contributed by atoms with E-state index in [-0.39, 0.29) is 5.91 Å². The Morgan fingerprint density at radius 3 is 2.46 bits per heavy atom. The van der Waals surface area contributed by atoms with Gasteiger partial charge in [0.15, 0.2) is 0 Å². The molecule has 5 nitrogen and oxygen atoms in total. The summed E-state index contributed by atoms with van der Waals surface area (Å²) in [6.07, 6.45) is 3.26. The molecule has 1 aromatic carbocycles. The minimum Gasteiger partial charge on any atom is -0.325 e. The third-order valence-corrected chi connectivity index (χ3v) is 5.25. The van der Waals surface area contributed by atoms with Gasteiger partial charge in [-0.05, 0) is 75.9 Å². The van der Waals surface area contributed by atoms with Crippen LogP contribution >= 0.6 is 0 Å². The van der Waals surface area contributed by atoms with Crippen molar-refractivity contribution < 1.29 is 4.79 Å². The number of benzene rings is 1. The zero-order chi connectivity index (χ0) is 18.5. The summed E-state index contributed by atoms with van der Waals surface area (Å²) in [5.74, 6) is 0.722. The van der Waals surface area contributed by atoms with Crippen LogP contribution in [-0.4, -0.2) is 40.2 Å². The van der Waals surface area contributed by atoms with Crippen LogP contribution < -0.4 is 5.32 Å². The molecule has 0 bridgehead atoms. The molecule has 1 amide bonds. The second-order valence-electron chi connectivity index (χ2n) is 7.43. The van der Waals surface area contributed by atoms with Crippen LogP contribution in [0.4, 0.5) is 5.69 Å². The molecule has 1 aromatic heterocycles. The van der Waals surface area contributed by atoms with Gasteiger partial charge >= 0.3 is 0 Å². The van der Waals surface area contributed by atoms with Gasteiger partial charge in [0.25, 0.3) is 0 Å². The van der Waals surface area contributed by atoms with Crippen molar-refractivity contribution in [1.82, 2.24) is 14.7 Å². The van der Waals surface area contributed by atoms with Crippen LogP contribution in [0.25, 0.3) is 0 Å². The summed E-state index contributed by atoms with van der Waals surface area (Å²) >= 11 is 0. The van der Waals surface area contributed by atoms with Crippen molar-refractivity contribution in [1.29, 1.82) is 0 Å². The molecule has 0 radical (unpaired) electrons. The van der Waals surface area contributed by atoms with Crippen molar-refractivity contribution in [2.45, 2.75) is 46.6 Å². The van der Waals surface area contributed by atoms with E-state index in [2.05, 4.69) is 52.0 Å². The molecule has 0 unspecified atom stereocenters. The van der Waals surface area contributed by atoms with Crippen molar-refractivity contribution in [2.24, 2.45) is 5.92 Å². The lowest BCUT2D eigenvalue weighted by Crippen LogP contribution is -2.40. The number of nitrogens with one attached hydrogen (secondary N) is 1. The van der Waals surface area contributed by atoms with Crippen LogP contribution in [0.15, 0.2) is 30.3 Å². The Morgan fingerprint density at radius 2 is 1.88 bits per heavy atom. The molecule has 3 rings (SSSR count). The number of anilines is 1. The van der Waals surface area contributed by atoms with Crippen LogP contribution in [0.1, 0.15) is 36.7 Å². The maximum Gasteiger partial charge on any atom is 0.238 e. The van der Waals surface area contributed by atoms with Gasteiger partial charge in [-0.25, -0.2) is 0 Å². The van der Waals surface area contributed by atoms with Gasteiger partial charge in [-0.2, -0.15) is 5.10 Å². The zero-order valence-electron chi connectivity index (χ0n) is 16.2. The molecule has 0 atom stereocenters. The Hall–Kier alpha value is -2.14. The van der Waals surface area contributed by atoms with Crippen molar-refractivity contribution >= 4 is 11.6 Å². The lowest BCUT2D eigenvalue weighted by atomic mass is 9.97. The molecular weight excluding hydrogens is 324 g/mol. The first kappa shape index (κ1) is 18.6. The van der Waals surface area contributed by atoms with Crippen LogP contribution in [-0.2, 0) is 17.8 Å². The van der Waals surface area contributed by atoms with E-state index in [1.54, 1.807) is 0 Å². The molecule has 1 fully saturated rings. The van der Waals surface area contributed by atoms with Crippen molar-refractivity contribution in [3.05, 3.63) is 47.3 Å². The highest BCUT2D eigenvalue weighted by Gasteiger charge is 2.22. The number of likely N-dealkylation sites (tertiary alicyclic amines) is 1. The predicted octanol–water partition coefficient (Wildman–Crippen LogP) is 3.41. The Kier molecular flexibility index (Phi) is 6.09. The molecule has 0 aliphatic carbocycles. The predicted molar refractivity (Wildman–Crippen MR) is 105 cm³/mol. The maximum atomic E-state index is 12.3. The zero-order valence-corrected chi connectivity index (χ0v) is 16.2. The summed E-state index contributed by atoms with van der Waals surface area (Å²) < 4.78 is 2.13. The number of aromatic nitrogens is 2. The minimum atomic E-state index is 0.0752. The highest BCUT2D eigenvalue weighted by molar-refractivity contribution is 5.92. The molecule has 0 saturated carbocycles. The number of piperidine rings is 1. The number of hydrogen-bond donors (Lipinski definition) is 1. The summed E-state index contributed by atoms with van der Waals surface area (Å²) in [5, 5.41) is 7.58. The average Bonchev–Trinajstić information content (AvgIpc) is 2.94. The number of carbonyl (C=O) groups excluding carboxylic acids is 1. The highest BCUT2D eigenvalue weighted by Crippen LogP contribution is 2.20. The number of nitrogens with zero attached hydrogens (tertiary/aromatic N) is 3. The van der Waals surface area contributed by atoms with Crippen LogP contribution in [0.3, 0.4) is 0 Å². The molecule has 1 saturated heterocycles. The normalized spacial score (nSPS) is 16.0. The van der Waals surface area contributed by atoms with E-state index < -0.39 is 0 Å². The van der Waals surface area contributed by atoms with E-state index in [1.807, 2.05) is 19.1 Å². The first-order valence-electron chi connectivity index (χ1n) is 9.65. The van der Waals surface area contributed by atoms with Gasteiger partial charge in [0.05, 0.1) is 12.2 Å². The first-order valence-corrected chi connectivity index (χ1v) is 9.65. The third kappa shape index (κ3) is 4.94. The summed E-state index contributed by atoms with van der Waals surface area (Å²) in [4.78, 5) is 14.5. The summed E-state index contributed by atoms with van der Waals surface area (Å²) in [6.45, 7) is 9.71. The standard InChI is InChI=1S/C21H30N4O/c1-4-18-5-7-20(8-6-18)22-21(26)15-24-11-9-19(10-12-24)14-25-17(3)13-16(2)23-25/h5-8,13,19H,4,9-12,14-15H2,1-3H3,(H,22,26). The Morgan fingerprint density at radius 1 is 1.19 bits per heavy atom. The SMILES string of the molecule is CCc1ccc(NC(=O)CN2CCC(Cn3nc(C)cc3C)CC2)cc1. The fourth-order valence-corrected chi connectivity index (χ4v) is 3.66. The topological polar surface area (TPSA) is 50.2 Å². The molecule has 2 aromatic rings. The van der Waals surface area contributed by atoms with E-state index >= 15 is 0 Å². The average molecular weight is 354 g/mol. The quantitative estimate of drug-likeness (QED) is 0.865. The van der Waals surface area contributed by atoms with E-state index in [0.29, 0.717) is 12.5 Å². The number of amides is 1. The lowest BCUT2D eigenvalue weighted by Gasteiger charge is -2.31. The van der Waals surface area contributed by atoms with Gasteiger partial charge in [-0.3, -0.25) is 14.4 Å². The van der Waals surface area contributed by atoms with Gasteiger partial charge in [0.2, 0.25) is 5.91 Å². The Balaban J connectivity index is 1.43. The summed E-state index contributed by atoms with van der Waals surface area (Å²) in [6, 6.07) is 10.2. The number of aryl methyl sites for hydroxylation is 3. The molecule has 2 heterocycles. The molecule has 0 spiro atoms. The van der Waals surface area contributed by atoms with Crippen LogP contribution in [0, 0.1) is 19.8 Å². The lowest BCUT2D eigenvalue weighted by molar-refractivity contribution is -0.117. The van der Waals surface area contributed by atoms with Crippen molar-refractivity contribution in [3.8, 4) is 0 Å². The highest BCUT2D eigenvalue weighted by atomic mass is 16.2. The van der Waals surface area contributed by atoms with Gasteiger partial charge < -0.3 is 5.32 Å². The van der Waals surface area contributed by atoms with Gasteiger partial charge in [-0.1, -0.05) is 19.1 Å². The van der Waals surface area contributed by atoms with Crippen molar-refractivity contribution in [3.63, 3.8) is 0 Å². The smallest absolute Gasteiger partial charge is 0.238 e. The fraction of sp³-hybridized carbons (Fsp3) is 0.524. The van der Waals surface area contributed by atoms with E-state index in [1.165, 1.54) is 11.3 Å². The Bertz CT molecular complexity index is 727. The monoisotopic (exact) mass is 354 g/mol. The third-order valence-electron chi connectivity index (χ3n) is 5.25. The number of carbonyl (C=O) groups is 1. The second kappa shape index (κ2) is 8.49. The Labute approximate surface area is 156 Å². The summed E-state index contributed by atoms with van der Waals surface area (Å²) in [5.41, 5.74) is 4.49. The molecule has 1 aliphatic heterocycles. The molecule has 5 heteroatoms. The second-order valence-corrected chi connectivity index (χ2v) is 7.43. The van der Waals surface area contributed by atoms with E-state index in [0.717, 1.165) is 50.3 Å². The fourth-order valence-electron chi connectivity index (χ4n) is 3.66. The van der Waals surface area contributed by atoms with Gasteiger partial charge in [-0.15, -0.1) is 0 Å². The summed E-state index contributed by atoms with van der Waals surface area (Å²) in [7, 11) is 0. The molecule has 140 valence electrons. The number of rotatable bonds is 6. The molecule has 1 aliphatic rings. The molecule has 1 N–H and O–H groups in total. The van der Waals surface area contributed by atoms with Crippen LogP contribution in [0.5, 0.6) is 0 Å². The van der Waals surface area contributed by atoms with Crippen molar-refractivity contribution in [2.75, 3.05) is 25.0 Å². The first-order chi connectivity index (χ1) is 12.5. The molecule has 26 heavy (non-hydrogen) atoms. The van der Waals surface area contributed by atoms with Gasteiger partial charge in [0.1, 0.15) is 0 Å². The minimum absolute atomic E-state index is 0.0752. The largest absolute Gasteiger partial charge is 0.325 e. The molecular formula is C21H30N4O. The van der Waals surface area contributed by atoms with E-state index in [9.17, 15) is 4.79 Å². The van der Waals surface area contributed by atoms with Gasteiger partial charge in [0, 0.05) is 17.9 Å².